The molecule has 0 aliphatic heterocycles. The molecule has 0 saturated heterocycles. The SMILES string of the molecule is COc1ccccc1-c1nnc2ccc(N)c(C)n12. The third-order valence-electron chi connectivity index (χ3n) is 3.20. The van der Waals surface area contributed by atoms with Gasteiger partial charge >= 0.3 is 0 Å². The third-order valence-corrected chi connectivity index (χ3v) is 3.20. The smallest absolute Gasteiger partial charge is 0.172 e. The summed E-state index contributed by atoms with van der Waals surface area (Å²) >= 11 is 0. The number of ether oxygens (including phenoxy) is 1. The van der Waals surface area contributed by atoms with Crippen LogP contribution in [0.1, 0.15) is 5.69 Å². The fourth-order valence-corrected chi connectivity index (χ4v) is 2.15. The molecule has 0 aliphatic rings. The van der Waals surface area contributed by atoms with Crippen LogP contribution in [0.5, 0.6) is 5.75 Å². The van der Waals surface area contributed by atoms with E-state index in [1.54, 1.807) is 7.11 Å². The summed E-state index contributed by atoms with van der Waals surface area (Å²) in [5, 5.41) is 8.43. The van der Waals surface area contributed by atoms with Gasteiger partial charge in [-0.25, -0.2) is 0 Å². The van der Waals surface area contributed by atoms with E-state index >= 15 is 0 Å². The number of fused-ring (bicyclic) bond motifs is 1. The van der Waals surface area contributed by atoms with Crippen molar-refractivity contribution in [1.82, 2.24) is 14.6 Å². The predicted molar refractivity (Wildman–Crippen MR) is 74.1 cm³/mol. The highest BCUT2D eigenvalue weighted by Gasteiger charge is 2.14. The number of para-hydroxylation sites is 1. The van der Waals surface area contributed by atoms with E-state index in [0.29, 0.717) is 5.69 Å². The van der Waals surface area contributed by atoms with Gasteiger partial charge in [-0.3, -0.25) is 4.40 Å². The van der Waals surface area contributed by atoms with E-state index < -0.39 is 0 Å². The minimum Gasteiger partial charge on any atom is -0.496 e. The number of pyridine rings is 1. The highest BCUT2D eigenvalue weighted by molar-refractivity contribution is 5.68. The normalized spacial score (nSPS) is 10.8. The van der Waals surface area contributed by atoms with Crippen molar-refractivity contribution in [2.75, 3.05) is 12.8 Å². The second kappa shape index (κ2) is 4.28. The zero-order valence-electron chi connectivity index (χ0n) is 10.8. The van der Waals surface area contributed by atoms with Crippen LogP contribution in [0.15, 0.2) is 36.4 Å². The van der Waals surface area contributed by atoms with E-state index in [1.165, 1.54) is 0 Å². The van der Waals surface area contributed by atoms with Crippen molar-refractivity contribution in [2.24, 2.45) is 0 Å². The van der Waals surface area contributed by atoms with Crippen molar-refractivity contribution < 1.29 is 4.74 Å². The predicted octanol–water partition coefficient (Wildman–Crippen LogP) is 2.30. The highest BCUT2D eigenvalue weighted by Crippen LogP contribution is 2.29. The molecular weight excluding hydrogens is 240 g/mol. The Hall–Kier alpha value is -2.56. The monoisotopic (exact) mass is 254 g/mol. The number of nitrogens with zero attached hydrogens (tertiary/aromatic N) is 3. The van der Waals surface area contributed by atoms with Gasteiger partial charge in [0.25, 0.3) is 0 Å². The summed E-state index contributed by atoms with van der Waals surface area (Å²) < 4.78 is 7.31. The number of aromatic nitrogens is 3. The Morgan fingerprint density at radius 3 is 2.68 bits per heavy atom. The molecule has 0 bridgehead atoms. The lowest BCUT2D eigenvalue weighted by molar-refractivity contribution is 0.416. The maximum Gasteiger partial charge on any atom is 0.172 e. The quantitative estimate of drug-likeness (QED) is 0.762. The number of rotatable bonds is 2. The molecule has 1 aromatic carbocycles. The van der Waals surface area contributed by atoms with E-state index in [0.717, 1.165) is 28.5 Å². The van der Waals surface area contributed by atoms with Crippen LogP contribution < -0.4 is 10.5 Å². The molecule has 19 heavy (non-hydrogen) atoms. The van der Waals surface area contributed by atoms with Crippen LogP contribution in [0.3, 0.4) is 0 Å². The number of hydrogen-bond acceptors (Lipinski definition) is 4. The minimum absolute atomic E-state index is 0.712. The molecule has 0 aliphatic carbocycles. The number of hydrogen-bond donors (Lipinski definition) is 1. The number of benzene rings is 1. The number of aryl methyl sites for hydroxylation is 1. The fourth-order valence-electron chi connectivity index (χ4n) is 2.15. The molecule has 96 valence electrons. The number of nitrogens with two attached hydrogens (primary N) is 1. The Kier molecular flexibility index (Phi) is 2.59. The summed E-state index contributed by atoms with van der Waals surface area (Å²) in [6, 6.07) is 11.4. The van der Waals surface area contributed by atoms with Gasteiger partial charge in [-0.15, -0.1) is 10.2 Å². The first-order valence-electron chi connectivity index (χ1n) is 5.96. The molecule has 0 atom stereocenters. The molecule has 0 radical (unpaired) electrons. The first kappa shape index (κ1) is 11.5. The highest BCUT2D eigenvalue weighted by atomic mass is 16.5. The Morgan fingerprint density at radius 2 is 1.89 bits per heavy atom. The lowest BCUT2D eigenvalue weighted by atomic mass is 10.2. The molecule has 0 unspecified atom stereocenters. The molecule has 0 fully saturated rings. The van der Waals surface area contributed by atoms with Gasteiger partial charge in [0, 0.05) is 5.69 Å². The summed E-state index contributed by atoms with van der Waals surface area (Å²) in [7, 11) is 1.64. The molecule has 0 spiro atoms. The summed E-state index contributed by atoms with van der Waals surface area (Å²) in [5.41, 5.74) is 9.25. The van der Waals surface area contributed by atoms with Crippen LogP contribution in [0, 0.1) is 6.92 Å². The molecule has 2 aromatic heterocycles. The van der Waals surface area contributed by atoms with Gasteiger partial charge < -0.3 is 10.5 Å². The van der Waals surface area contributed by atoms with E-state index in [9.17, 15) is 0 Å². The first-order valence-corrected chi connectivity index (χ1v) is 5.96. The summed E-state index contributed by atoms with van der Waals surface area (Å²) in [4.78, 5) is 0. The zero-order valence-corrected chi connectivity index (χ0v) is 10.8. The number of methoxy groups -OCH3 is 1. The topological polar surface area (TPSA) is 65.4 Å². The summed E-state index contributed by atoms with van der Waals surface area (Å²) in [6.07, 6.45) is 0. The molecule has 3 rings (SSSR count). The third kappa shape index (κ3) is 1.71. The molecular formula is C14H14N4O. The van der Waals surface area contributed by atoms with Crippen molar-refractivity contribution >= 4 is 11.3 Å². The number of nitrogen functional groups attached to an aromatic ring is 1. The maximum atomic E-state index is 5.95. The van der Waals surface area contributed by atoms with E-state index in [2.05, 4.69) is 10.2 Å². The summed E-state index contributed by atoms with van der Waals surface area (Å²) in [5.74, 6) is 1.50. The second-order valence-electron chi connectivity index (χ2n) is 4.29. The zero-order chi connectivity index (χ0) is 13.4. The van der Waals surface area contributed by atoms with Crippen LogP contribution in [-0.4, -0.2) is 21.7 Å². The van der Waals surface area contributed by atoms with Crippen LogP contribution in [0.2, 0.25) is 0 Å². The molecule has 0 amide bonds. The van der Waals surface area contributed by atoms with Gasteiger partial charge in [0.2, 0.25) is 0 Å². The van der Waals surface area contributed by atoms with E-state index in [-0.39, 0.29) is 0 Å². The van der Waals surface area contributed by atoms with Gasteiger partial charge in [-0.05, 0) is 31.2 Å². The first-order chi connectivity index (χ1) is 9.22. The van der Waals surface area contributed by atoms with Crippen LogP contribution >= 0.6 is 0 Å². The van der Waals surface area contributed by atoms with Crippen LogP contribution in [0.25, 0.3) is 17.0 Å². The standard InChI is InChI=1S/C14H14N4O/c1-9-11(15)7-8-13-16-17-14(18(9)13)10-5-3-4-6-12(10)19-2/h3-8H,15H2,1-2H3. The van der Waals surface area contributed by atoms with Gasteiger partial charge in [-0.2, -0.15) is 0 Å². The average molecular weight is 254 g/mol. The van der Waals surface area contributed by atoms with Crippen molar-refractivity contribution in [3.8, 4) is 17.1 Å². The van der Waals surface area contributed by atoms with Gasteiger partial charge in [0.15, 0.2) is 11.5 Å². The largest absolute Gasteiger partial charge is 0.496 e. The Labute approximate surface area is 110 Å². The maximum absolute atomic E-state index is 5.95. The molecule has 3 aromatic rings. The molecule has 5 heteroatoms. The van der Waals surface area contributed by atoms with Crippen molar-refractivity contribution in [3.05, 3.63) is 42.1 Å². The van der Waals surface area contributed by atoms with Gasteiger partial charge in [0.1, 0.15) is 5.75 Å². The molecule has 2 heterocycles. The fraction of sp³-hybridized carbons (Fsp3) is 0.143. The van der Waals surface area contributed by atoms with Gasteiger partial charge in [0.05, 0.1) is 18.4 Å². The van der Waals surface area contributed by atoms with Crippen LogP contribution in [0.4, 0.5) is 5.69 Å². The van der Waals surface area contributed by atoms with Crippen molar-refractivity contribution in [3.63, 3.8) is 0 Å². The molecule has 0 saturated carbocycles. The van der Waals surface area contributed by atoms with Crippen molar-refractivity contribution in [1.29, 1.82) is 0 Å². The second-order valence-corrected chi connectivity index (χ2v) is 4.29. The van der Waals surface area contributed by atoms with Crippen LogP contribution in [-0.2, 0) is 0 Å². The van der Waals surface area contributed by atoms with Gasteiger partial charge in [-0.1, -0.05) is 12.1 Å². The van der Waals surface area contributed by atoms with Crippen molar-refractivity contribution in [2.45, 2.75) is 6.92 Å². The van der Waals surface area contributed by atoms with E-state index in [4.69, 9.17) is 10.5 Å². The number of anilines is 1. The Balaban J connectivity index is 2.34. The Morgan fingerprint density at radius 1 is 1.11 bits per heavy atom. The average Bonchev–Trinajstić information content (AvgIpc) is 2.87. The molecule has 5 nitrogen and oxygen atoms in total. The van der Waals surface area contributed by atoms with E-state index in [1.807, 2.05) is 47.7 Å². The lowest BCUT2D eigenvalue weighted by Gasteiger charge is -2.09. The lowest BCUT2D eigenvalue weighted by Crippen LogP contribution is -2.00. The minimum atomic E-state index is 0.712. The summed E-state index contributed by atoms with van der Waals surface area (Å²) in [6.45, 7) is 1.95. The molecule has 2 N–H and O–H groups in total. The Bertz CT molecular complexity index is 748.